The summed E-state index contributed by atoms with van der Waals surface area (Å²) in [7, 11) is 3.41. The molecular weight excluding hydrogens is 376 g/mol. The number of nitrogens with one attached hydrogen (secondary N) is 1. The molecule has 0 bridgehead atoms. The average Bonchev–Trinajstić information content (AvgIpc) is 2.92. The number of hydrogen-bond donors (Lipinski definition) is 1. The van der Waals surface area contributed by atoms with Crippen LogP contribution in [0.1, 0.15) is 18.1 Å². The van der Waals surface area contributed by atoms with E-state index in [1.807, 2.05) is 36.2 Å². The summed E-state index contributed by atoms with van der Waals surface area (Å²) in [6, 6.07) is 12.6. The molecule has 0 unspecified atom stereocenters. The van der Waals surface area contributed by atoms with Crippen LogP contribution in [0.25, 0.3) is 0 Å². The Labute approximate surface area is 168 Å². The smallest absolute Gasteiger partial charge is 0.326 e. The van der Waals surface area contributed by atoms with Crippen LogP contribution >= 0.6 is 0 Å². The number of carbonyl (C=O) groups is 2. The van der Waals surface area contributed by atoms with E-state index in [0.29, 0.717) is 12.1 Å². The molecule has 1 aliphatic heterocycles. The highest BCUT2D eigenvalue weighted by molar-refractivity contribution is 6.07. The van der Waals surface area contributed by atoms with Gasteiger partial charge in [-0.15, -0.1) is 0 Å². The molecule has 3 amide bonds. The molecule has 0 aliphatic carbocycles. The van der Waals surface area contributed by atoms with E-state index in [-0.39, 0.29) is 12.4 Å². The van der Waals surface area contributed by atoms with Gasteiger partial charge in [0, 0.05) is 18.7 Å². The minimum Gasteiger partial charge on any atom is -0.497 e. The summed E-state index contributed by atoms with van der Waals surface area (Å²) in [6.45, 7) is 2.24. The molecule has 152 valence electrons. The van der Waals surface area contributed by atoms with Gasteiger partial charge in [0.05, 0.1) is 18.7 Å². The number of ether oxygens (including phenoxy) is 1. The van der Waals surface area contributed by atoms with Crippen molar-refractivity contribution >= 4 is 17.6 Å². The van der Waals surface area contributed by atoms with E-state index in [1.165, 1.54) is 24.3 Å². The average molecular weight is 398 g/mol. The molecule has 1 atom stereocenters. The minimum absolute atomic E-state index is 0.0785. The molecule has 0 spiro atoms. The minimum atomic E-state index is -1.27. The number of nitro groups is 1. The molecule has 0 radical (unpaired) electrons. The Morgan fingerprint density at radius 1 is 1.14 bits per heavy atom. The first-order chi connectivity index (χ1) is 13.7. The number of imide groups is 1. The maximum atomic E-state index is 13.0. The summed E-state index contributed by atoms with van der Waals surface area (Å²) in [5.41, 5.74) is 0.151. The Bertz CT molecular complexity index is 929. The standard InChI is InChI=1S/C20H22N4O5/c1-20(15-6-8-16(9-7-15)24(27)28)18(25)23(19(26)21-20)13-22(2)12-14-4-10-17(29-3)11-5-14/h4-11H,12-13H2,1-3H3,(H,21,26)/t20-/m0/s1. The van der Waals surface area contributed by atoms with Gasteiger partial charge >= 0.3 is 6.03 Å². The number of hydrogen-bond acceptors (Lipinski definition) is 6. The monoisotopic (exact) mass is 398 g/mol. The topological polar surface area (TPSA) is 105 Å². The molecule has 29 heavy (non-hydrogen) atoms. The van der Waals surface area contributed by atoms with Crippen molar-refractivity contribution in [2.75, 3.05) is 20.8 Å². The molecule has 1 aliphatic rings. The number of nitrogens with zero attached hydrogens (tertiary/aromatic N) is 3. The van der Waals surface area contributed by atoms with Crippen molar-refractivity contribution in [3.05, 3.63) is 69.8 Å². The van der Waals surface area contributed by atoms with E-state index in [2.05, 4.69) is 5.32 Å². The lowest BCUT2D eigenvalue weighted by Crippen LogP contribution is -2.42. The van der Waals surface area contributed by atoms with Crippen molar-refractivity contribution in [3.8, 4) is 5.75 Å². The van der Waals surface area contributed by atoms with Gasteiger partial charge < -0.3 is 10.1 Å². The molecule has 1 saturated heterocycles. The molecule has 1 heterocycles. The summed E-state index contributed by atoms with van der Waals surface area (Å²) in [5.74, 6) is 0.349. The predicted molar refractivity (Wildman–Crippen MR) is 105 cm³/mol. The lowest BCUT2D eigenvalue weighted by Gasteiger charge is -2.24. The van der Waals surface area contributed by atoms with Crippen LogP contribution in [-0.4, -0.2) is 47.5 Å². The van der Waals surface area contributed by atoms with Gasteiger partial charge in [0.15, 0.2) is 0 Å². The molecular formula is C20H22N4O5. The Morgan fingerprint density at radius 2 is 1.76 bits per heavy atom. The molecule has 1 fully saturated rings. The number of urea groups is 1. The summed E-state index contributed by atoms with van der Waals surface area (Å²) < 4.78 is 5.14. The van der Waals surface area contributed by atoms with E-state index in [4.69, 9.17) is 4.74 Å². The molecule has 9 nitrogen and oxygen atoms in total. The first kappa shape index (κ1) is 20.3. The highest BCUT2D eigenvalue weighted by atomic mass is 16.6. The first-order valence-corrected chi connectivity index (χ1v) is 8.95. The zero-order chi connectivity index (χ0) is 21.2. The number of methoxy groups -OCH3 is 1. The highest BCUT2D eigenvalue weighted by Crippen LogP contribution is 2.30. The van der Waals surface area contributed by atoms with Gasteiger partial charge in [-0.1, -0.05) is 12.1 Å². The zero-order valence-corrected chi connectivity index (χ0v) is 16.4. The number of nitro benzene ring substituents is 1. The van der Waals surface area contributed by atoms with Crippen molar-refractivity contribution in [2.24, 2.45) is 0 Å². The van der Waals surface area contributed by atoms with Crippen LogP contribution in [0.5, 0.6) is 5.75 Å². The SMILES string of the molecule is COc1ccc(CN(C)CN2C(=O)N[C@@](C)(c3ccc([N+](=O)[O-])cc3)C2=O)cc1. The molecule has 1 N–H and O–H groups in total. The van der Waals surface area contributed by atoms with Gasteiger partial charge in [0.2, 0.25) is 0 Å². The van der Waals surface area contributed by atoms with E-state index in [0.717, 1.165) is 16.2 Å². The third-order valence-corrected chi connectivity index (χ3v) is 4.92. The normalized spacial score (nSPS) is 18.8. The fourth-order valence-corrected chi connectivity index (χ4v) is 3.27. The fourth-order valence-electron chi connectivity index (χ4n) is 3.27. The Hall–Kier alpha value is -3.46. The third kappa shape index (κ3) is 4.04. The first-order valence-electron chi connectivity index (χ1n) is 8.95. The van der Waals surface area contributed by atoms with Gasteiger partial charge in [-0.3, -0.25) is 19.8 Å². The van der Waals surface area contributed by atoms with Crippen LogP contribution in [0.2, 0.25) is 0 Å². The van der Waals surface area contributed by atoms with Crippen LogP contribution in [0.15, 0.2) is 48.5 Å². The summed E-state index contributed by atoms with van der Waals surface area (Å²) in [6.07, 6.45) is 0. The molecule has 2 aromatic rings. The van der Waals surface area contributed by atoms with Crippen LogP contribution in [0, 0.1) is 10.1 Å². The zero-order valence-electron chi connectivity index (χ0n) is 16.4. The number of non-ortho nitro benzene ring substituents is 1. The van der Waals surface area contributed by atoms with Gasteiger partial charge in [-0.2, -0.15) is 0 Å². The maximum Gasteiger partial charge on any atom is 0.326 e. The van der Waals surface area contributed by atoms with Gasteiger partial charge in [0.1, 0.15) is 11.3 Å². The lowest BCUT2D eigenvalue weighted by molar-refractivity contribution is -0.384. The van der Waals surface area contributed by atoms with E-state index < -0.39 is 22.4 Å². The fraction of sp³-hybridized carbons (Fsp3) is 0.300. The maximum absolute atomic E-state index is 13.0. The largest absolute Gasteiger partial charge is 0.497 e. The highest BCUT2D eigenvalue weighted by Gasteiger charge is 2.49. The Balaban J connectivity index is 1.71. The van der Waals surface area contributed by atoms with Crippen molar-refractivity contribution in [3.63, 3.8) is 0 Å². The van der Waals surface area contributed by atoms with E-state index in [1.54, 1.807) is 14.0 Å². The molecule has 2 aromatic carbocycles. The Morgan fingerprint density at radius 3 is 2.31 bits per heavy atom. The third-order valence-electron chi connectivity index (χ3n) is 4.92. The number of carbonyl (C=O) groups excluding carboxylic acids is 2. The lowest BCUT2D eigenvalue weighted by atomic mass is 9.92. The molecule has 0 aromatic heterocycles. The van der Waals surface area contributed by atoms with Gasteiger partial charge in [-0.25, -0.2) is 9.69 Å². The van der Waals surface area contributed by atoms with Crippen LogP contribution < -0.4 is 10.1 Å². The summed E-state index contributed by atoms with van der Waals surface area (Å²) in [5, 5.41) is 13.5. The van der Waals surface area contributed by atoms with Crippen LogP contribution in [0.4, 0.5) is 10.5 Å². The number of benzene rings is 2. The Kier molecular flexibility index (Phi) is 5.51. The molecule has 0 saturated carbocycles. The second kappa shape index (κ2) is 7.88. The second-order valence-corrected chi connectivity index (χ2v) is 7.10. The van der Waals surface area contributed by atoms with E-state index in [9.17, 15) is 19.7 Å². The number of amides is 3. The molecule has 9 heteroatoms. The van der Waals surface area contributed by atoms with Crippen LogP contribution in [-0.2, 0) is 16.9 Å². The van der Waals surface area contributed by atoms with Crippen molar-refractivity contribution < 1.29 is 19.2 Å². The van der Waals surface area contributed by atoms with E-state index >= 15 is 0 Å². The predicted octanol–water partition coefficient (Wildman–Crippen LogP) is 2.46. The van der Waals surface area contributed by atoms with Gasteiger partial charge in [0.25, 0.3) is 11.6 Å². The summed E-state index contributed by atoms with van der Waals surface area (Å²) in [4.78, 5) is 38.8. The summed E-state index contributed by atoms with van der Waals surface area (Å²) >= 11 is 0. The van der Waals surface area contributed by atoms with Crippen molar-refractivity contribution in [1.29, 1.82) is 0 Å². The second-order valence-electron chi connectivity index (χ2n) is 7.10. The van der Waals surface area contributed by atoms with Crippen LogP contribution in [0.3, 0.4) is 0 Å². The van der Waals surface area contributed by atoms with Crippen molar-refractivity contribution in [2.45, 2.75) is 19.0 Å². The molecule has 3 rings (SSSR count). The number of rotatable bonds is 7. The quantitative estimate of drug-likeness (QED) is 0.436. The van der Waals surface area contributed by atoms with Crippen molar-refractivity contribution in [1.82, 2.24) is 15.1 Å². The van der Waals surface area contributed by atoms with Gasteiger partial charge in [-0.05, 0) is 49.4 Å².